The van der Waals surface area contributed by atoms with Crippen LogP contribution in [0.3, 0.4) is 0 Å². The zero-order valence-electron chi connectivity index (χ0n) is 12.0. The molecule has 0 unspecified atom stereocenters. The van der Waals surface area contributed by atoms with Crippen LogP contribution in [-0.2, 0) is 16.6 Å². The van der Waals surface area contributed by atoms with Gasteiger partial charge in [-0.2, -0.15) is 0 Å². The standard InChI is InChI=1S/C16H21NO3S/c18-12-6-9-14-7-4-5-8-15(14)13-17-21(19,20)16-10-2-1-3-11-16/h4-5,7-8,16-18H,1-3,10-13H2. The van der Waals surface area contributed by atoms with Gasteiger partial charge in [-0.3, -0.25) is 0 Å². The fraction of sp³-hybridized carbons (Fsp3) is 0.500. The number of sulfonamides is 1. The summed E-state index contributed by atoms with van der Waals surface area (Å²) in [5.41, 5.74) is 1.58. The summed E-state index contributed by atoms with van der Waals surface area (Å²) >= 11 is 0. The van der Waals surface area contributed by atoms with Gasteiger partial charge in [0.2, 0.25) is 10.0 Å². The summed E-state index contributed by atoms with van der Waals surface area (Å²) in [4.78, 5) is 0. The summed E-state index contributed by atoms with van der Waals surface area (Å²) in [6.07, 6.45) is 4.61. The Morgan fingerprint density at radius 1 is 1.19 bits per heavy atom. The van der Waals surface area contributed by atoms with E-state index in [1.54, 1.807) is 0 Å². The van der Waals surface area contributed by atoms with Gasteiger partial charge < -0.3 is 5.11 Å². The Morgan fingerprint density at radius 3 is 2.62 bits per heavy atom. The highest BCUT2D eigenvalue weighted by Crippen LogP contribution is 2.23. The number of aliphatic hydroxyl groups is 1. The molecule has 5 heteroatoms. The number of nitrogens with one attached hydrogen (secondary N) is 1. The monoisotopic (exact) mass is 307 g/mol. The third-order valence-corrected chi connectivity index (χ3v) is 5.67. The third kappa shape index (κ3) is 4.57. The zero-order chi connectivity index (χ0) is 15.1. The molecule has 0 aromatic heterocycles. The van der Waals surface area contributed by atoms with Gasteiger partial charge >= 0.3 is 0 Å². The molecule has 4 nitrogen and oxygen atoms in total. The topological polar surface area (TPSA) is 66.4 Å². The smallest absolute Gasteiger partial charge is 0.214 e. The summed E-state index contributed by atoms with van der Waals surface area (Å²) < 4.78 is 27.3. The largest absolute Gasteiger partial charge is 0.384 e. The molecule has 1 aliphatic carbocycles. The first-order valence-corrected chi connectivity index (χ1v) is 8.84. The van der Waals surface area contributed by atoms with E-state index >= 15 is 0 Å². The predicted octanol–water partition coefficient (Wildman–Crippen LogP) is 1.78. The average Bonchev–Trinajstić information content (AvgIpc) is 2.52. The van der Waals surface area contributed by atoms with E-state index in [2.05, 4.69) is 16.6 Å². The van der Waals surface area contributed by atoms with E-state index in [9.17, 15) is 8.42 Å². The van der Waals surface area contributed by atoms with Crippen molar-refractivity contribution in [3.05, 3.63) is 35.4 Å². The second-order valence-corrected chi connectivity index (χ2v) is 7.29. The van der Waals surface area contributed by atoms with E-state index in [0.717, 1.165) is 43.2 Å². The van der Waals surface area contributed by atoms with Crippen molar-refractivity contribution in [2.75, 3.05) is 6.61 Å². The van der Waals surface area contributed by atoms with Crippen molar-refractivity contribution in [3.63, 3.8) is 0 Å². The van der Waals surface area contributed by atoms with Crippen LogP contribution in [0.5, 0.6) is 0 Å². The van der Waals surface area contributed by atoms with Crippen molar-refractivity contribution < 1.29 is 13.5 Å². The fourth-order valence-electron chi connectivity index (χ4n) is 2.60. The van der Waals surface area contributed by atoms with E-state index in [1.807, 2.05) is 24.3 Å². The van der Waals surface area contributed by atoms with Crippen LogP contribution in [0.1, 0.15) is 43.2 Å². The second kappa shape index (κ2) is 7.60. The lowest BCUT2D eigenvalue weighted by Crippen LogP contribution is -2.35. The molecule has 2 N–H and O–H groups in total. The van der Waals surface area contributed by atoms with Crippen LogP contribution in [0.4, 0.5) is 0 Å². The first-order valence-electron chi connectivity index (χ1n) is 7.29. The van der Waals surface area contributed by atoms with Crippen molar-refractivity contribution in [1.82, 2.24) is 4.72 Å². The molecule has 0 bridgehead atoms. The van der Waals surface area contributed by atoms with Gasteiger partial charge in [0, 0.05) is 12.1 Å². The van der Waals surface area contributed by atoms with E-state index in [0.29, 0.717) is 0 Å². The van der Waals surface area contributed by atoms with Gasteiger partial charge in [-0.25, -0.2) is 13.1 Å². The Kier molecular flexibility index (Phi) is 5.80. The third-order valence-electron chi connectivity index (χ3n) is 3.77. The minimum Gasteiger partial charge on any atom is -0.384 e. The second-order valence-electron chi connectivity index (χ2n) is 5.24. The van der Waals surface area contributed by atoms with Crippen LogP contribution < -0.4 is 4.72 Å². The first kappa shape index (κ1) is 16.0. The molecule has 21 heavy (non-hydrogen) atoms. The predicted molar refractivity (Wildman–Crippen MR) is 83.0 cm³/mol. The van der Waals surface area contributed by atoms with E-state index in [-0.39, 0.29) is 18.4 Å². The normalized spacial score (nSPS) is 16.2. The Hall–Kier alpha value is -1.35. The van der Waals surface area contributed by atoms with Gasteiger partial charge in [0.1, 0.15) is 6.61 Å². The van der Waals surface area contributed by atoms with Crippen molar-refractivity contribution >= 4 is 10.0 Å². The van der Waals surface area contributed by atoms with Gasteiger partial charge in [-0.05, 0) is 24.5 Å². The maximum absolute atomic E-state index is 12.3. The molecule has 1 saturated carbocycles. The molecule has 0 heterocycles. The van der Waals surface area contributed by atoms with Gasteiger partial charge in [0.25, 0.3) is 0 Å². The van der Waals surface area contributed by atoms with E-state index in [4.69, 9.17) is 5.11 Å². The lowest BCUT2D eigenvalue weighted by atomic mass is 10.0. The Bertz CT molecular complexity index is 622. The SMILES string of the molecule is O=S(=O)(NCc1ccccc1C#CCO)C1CCCCC1. The van der Waals surface area contributed by atoms with Crippen molar-refractivity contribution in [3.8, 4) is 11.8 Å². The number of hydrogen-bond donors (Lipinski definition) is 2. The lowest BCUT2D eigenvalue weighted by molar-refractivity contribution is 0.350. The van der Waals surface area contributed by atoms with Gasteiger partial charge in [-0.1, -0.05) is 49.3 Å². The Balaban J connectivity index is 2.05. The quantitative estimate of drug-likeness (QED) is 0.833. The van der Waals surface area contributed by atoms with E-state index < -0.39 is 10.0 Å². The molecular formula is C16H21NO3S. The van der Waals surface area contributed by atoms with Crippen molar-refractivity contribution in [1.29, 1.82) is 0 Å². The lowest BCUT2D eigenvalue weighted by Gasteiger charge is -2.22. The molecule has 1 aromatic rings. The molecule has 0 aliphatic heterocycles. The summed E-state index contributed by atoms with van der Waals surface area (Å²) in [7, 11) is -3.27. The minimum absolute atomic E-state index is 0.206. The molecular weight excluding hydrogens is 286 g/mol. The molecule has 1 aromatic carbocycles. The molecule has 0 amide bonds. The maximum atomic E-state index is 12.3. The fourth-order valence-corrected chi connectivity index (χ4v) is 4.15. The van der Waals surface area contributed by atoms with Gasteiger partial charge in [0.05, 0.1) is 5.25 Å². The summed E-state index contributed by atoms with van der Waals surface area (Å²) in [6, 6.07) is 7.38. The first-order chi connectivity index (χ1) is 10.1. The number of rotatable bonds is 4. The number of benzene rings is 1. The van der Waals surface area contributed by atoms with Gasteiger partial charge in [-0.15, -0.1) is 0 Å². The number of hydrogen-bond acceptors (Lipinski definition) is 3. The van der Waals surface area contributed by atoms with Crippen LogP contribution >= 0.6 is 0 Å². The number of aliphatic hydroxyl groups excluding tert-OH is 1. The van der Waals surface area contributed by atoms with Crippen LogP contribution in [0.2, 0.25) is 0 Å². The highest BCUT2D eigenvalue weighted by Gasteiger charge is 2.26. The molecule has 1 aliphatic rings. The highest BCUT2D eigenvalue weighted by atomic mass is 32.2. The van der Waals surface area contributed by atoms with E-state index in [1.165, 1.54) is 0 Å². The maximum Gasteiger partial charge on any atom is 0.214 e. The molecule has 1 fully saturated rings. The molecule has 2 rings (SSSR count). The molecule has 0 spiro atoms. The molecule has 0 radical (unpaired) electrons. The van der Waals surface area contributed by atoms with Crippen LogP contribution in [0, 0.1) is 11.8 Å². The minimum atomic E-state index is -3.27. The van der Waals surface area contributed by atoms with Crippen molar-refractivity contribution in [2.24, 2.45) is 0 Å². The summed E-state index contributed by atoms with van der Waals surface area (Å²) in [5.74, 6) is 5.44. The van der Waals surface area contributed by atoms with Gasteiger partial charge in [0.15, 0.2) is 0 Å². The van der Waals surface area contributed by atoms with Crippen molar-refractivity contribution in [2.45, 2.75) is 43.9 Å². The summed E-state index contributed by atoms with van der Waals surface area (Å²) in [5, 5.41) is 8.50. The Morgan fingerprint density at radius 2 is 1.90 bits per heavy atom. The van der Waals surface area contributed by atoms with Crippen LogP contribution in [0.25, 0.3) is 0 Å². The molecule has 0 saturated heterocycles. The Labute approximate surface area is 126 Å². The van der Waals surface area contributed by atoms with Crippen LogP contribution in [0.15, 0.2) is 24.3 Å². The van der Waals surface area contributed by atoms with Crippen LogP contribution in [-0.4, -0.2) is 25.4 Å². The summed E-state index contributed by atoms with van der Waals surface area (Å²) in [6.45, 7) is 0.0389. The zero-order valence-corrected chi connectivity index (χ0v) is 12.8. The molecule has 114 valence electrons. The highest BCUT2D eigenvalue weighted by molar-refractivity contribution is 7.90. The average molecular weight is 307 g/mol. The molecule has 0 atom stereocenters.